The van der Waals surface area contributed by atoms with Crippen molar-refractivity contribution >= 4 is 23.7 Å². The van der Waals surface area contributed by atoms with Crippen LogP contribution in [0.15, 0.2) is 55.6 Å². The second-order valence-corrected chi connectivity index (χ2v) is 12.1. The summed E-state index contributed by atoms with van der Waals surface area (Å²) in [6, 6.07) is 7.51. The Balaban J connectivity index is 1.62. The van der Waals surface area contributed by atoms with Crippen LogP contribution in [-0.4, -0.2) is 88.6 Å². The second kappa shape index (κ2) is 15.0. The number of nitrogens with one attached hydrogen (secondary N) is 1. The molecule has 240 valence electrons. The van der Waals surface area contributed by atoms with Crippen LogP contribution >= 0.6 is 0 Å². The van der Waals surface area contributed by atoms with E-state index in [-0.39, 0.29) is 37.3 Å². The molecule has 2 bridgehead atoms. The largest absolute Gasteiger partial charge is 0.455 e. The molecule has 1 spiro atoms. The number of carbonyl (C=O) groups excluding carboxylic acids is 4. The third-order valence-corrected chi connectivity index (χ3v) is 9.17. The highest BCUT2D eigenvalue weighted by molar-refractivity contribution is 5.98. The number of fused-ring (bicyclic) bond motifs is 1. The number of likely N-dealkylation sites (tertiary alicyclic amines) is 1. The maximum Gasteiger partial charge on any atom is 0.313 e. The molecule has 4 rings (SSSR count). The number of carbonyl (C=O) groups is 4. The van der Waals surface area contributed by atoms with Crippen molar-refractivity contribution in [3.63, 3.8) is 0 Å². The van der Waals surface area contributed by atoms with E-state index in [1.807, 2.05) is 30.3 Å². The fourth-order valence-electron chi connectivity index (χ4n) is 7.02. The number of allylic oxidation sites excluding steroid dienone is 1. The molecule has 7 atom stereocenters. The van der Waals surface area contributed by atoms with E-state index in [4.69, 9.17) is 9.47 Å². The highest BCUT2D eigenvalue weighted by atomic mass is 16.6. The van der Waals surface area contributed by atoms with Crippen molar-refractivity contribution in [2.75, 3.05) is 26.2 Å². The first-order chi connectivity index (χ1) is 21.2. The number of esters is 1. The van der Waals surface area contributed by atoms with Crippen LogP contribution in [-0.2, 0) is 28.7 Å². The van der Waals surface area contributed by atoms with Crippen LogP contribution < -0.4 is 5.32 Å². The van der Waals surface area contributed by atoms with Gasteiger partial charge in [0.05, 0.1) is 37.1 Å². The lowest BCUT2D eigenvalue weighted by atomic mass is 9.70. The van der Waals surface area contributed by atoms with Gasteiger partial charge in [-0.05, 0) is 38.2 Å². The molecule has 0 unspecified atom stereocenters. The lowest BCUT2D eigenvalue weighted by Gasteiger charge is -2.38. The van der Waals surface area contributed by atoms with Gasteiger partial charge in [-0.15, -0.1) is 13.2 Å². The van der Waals surface area contributed by atoms with Gasteiger partial charge < -0.3 is 29.7 Å². The Morgan fingerprint density at radius 3 is 2.64 bits per heavy atom. The molecule has 3 fully saturated rings. The first kappa shape index (κ1) is 33.4. The van der Waals surface area contributed by atoms with E-state index in [1.165, 1.54) is 4.90 Å². The molecule has 3 aliphatic heterocycles. The second-order valence-electron chi connectivity index (χ2n) is 12.1. The summed E-state index contributed by atoms with van der Waals surface area (Å²) in [4.78, 5) is 57.9. The monoisotopic (exact) mass is 609 g/mol. The van der Waals surface area contributed by atoms with Gasteiger partial charge in [-0.3, -0.25) is 19.2 Å². The van der Waals surface area contributed by atoms with Gasteiger partial charge in [0.15, 0.2) is 0 Å². The molecular weight excluding hydrogens is 562 g/mol. The van der Waals surface area contributed by atoms with Crippen molar-refractivity contribution in [1.29, 1.82) is 0 Å². The van der Waals surface area contributed by atoms with E-state index in [2.05, 4.69) is 25.4 Å². The van der Waals surface area contributed by atoms with Crippen molar-refractivity contribution < 1.29 is 33.8 Å². The molecule has 3 amide bonds. The highest BCUT2D eigenvalue weighted by Gasteiger charge is 2.75. The van der Waals surface area contributed by atoms with Crippen molar-refractivity contribution in [2.45, 2.75) is 88.7 Å². The summed E-state index contributed by atoms with van der Waals surface area (Å²) in [6.45, 7) is 11.8. The molecule has 10 nitrogen and oxygen atoms in total. The number of aliphatic hydroxyl groups is 1. The van der Waals surface area contributed by atoms with Crippen molar-refractivity contribution in [1.82, 2.24) is 15.1 Å². The predicted molar refractivity (Wildman–Crippen MR) is 165 cm³/mol. The van der Waals surface area contributed by atoms with Gasteiger partial charge in [-0.25, -0.2) is 0 Å². The average molecular weight is 610 g/mol. The third-order valence-electron chi connectivity index (χ3n) is 9.17. The number of benzene rings is 1. The topological polar surface area (TPSA) is 125 Å². The number of aliphatic hydroxyl groups excluding tert-OH is 1. The maximum absolute atomic E-state index is 14.3. The van der Waals surface area contributed by atoms with E-state index >= 15 is 0 Å². The van der Waals surface area contributed by atoms with E-state index in [0.29, 0.717) is 37.9 Å². The predicted octanol–water partition coefficient (Wildman–Crippen LogP) is 3.31. The molecule has 44 heavy (non-hydrogen) atoms. The summed E-state index contributed by atoms with van der Waals surface area (Å²) >= 11 is 0. The fourth-order valence-corrected chi connectivity index (χ4v) is 7.02. The van der Waals surface area contributed by atoms with Crippen LogP contribution in [0.4, 0.5) is 0 Å². The number of hydrogen-bond acceptors (Lipinski definition) is 7. The number of ether oxygens (including phenoxy) is 2. The van der Waals surface area contributed by atoms with E-state index in [9.17, 15) is 24.3 Å². The van der Waals surface area contributed by atoms with Gasteiger partial charge in [-0.2, -0.15) is 0 Å². The zero-order valence-electron chi connectivity index (χ0n) is 26.0. The van der Waals surface area contributed by atoms with Crippen LogP contribution in [0.2, 0.25) is 0 Å². The maximum atomic E-state index is 14.3. The summed E-state index contributed by atoms with van der Waals surface area (Å²) in [6.07, 6.45) is 6.48. The van der Waals surface area contributed by atoms with Gasteiger partial charge in [0.1, 0.15) is 17.7 Å². The number of amides is 3. The van der Waals surface area contributed by atoms with Gasteiger partial charge in [0, 0.05) is 19.5 Å². The van der Waals surface area contributed by atoms with Crippen molar-refractivity contribution in [3.8, 4) is 0 Å². The van der Waals surface area contributed by atoms with Crippen LogP contribution in [0.25, 0.3) is 0 Å². The Morgan fingerprint density at radius 1 is 1.23 bits per heavy atom. The SMILES string of the molecule is C=CCCC(=O)NC[C@@H](OC(=O)[C@@H]1[C@H]2C(=O)N([C@H](C)CO)[C@H](C(=O)N(CC=C)CCCCC)[C@]23CC[C@H]1O3)c1ccccc1. The Hall–Kier alpha value is -3.50. The van der Waals surface area contributed by atoms with E-state index in [1.54, 1.807) is 24.0 Å². The number of rotatable bonds is 17. The van der Waals surface area contributed by atoms with Gasteiger partial charge in [0.25, 0.3) is 0 Å². The first-order valence-electron chi connectivity index (χ1n) is 15.9. The molecule has 0 radical (unpaired) electrons. The van der Waals surface area contributed by atoms with Crippen molar-refractivity contribution in [2.24, 2.45) is 11.8 Å². The average Bonchev–Trinajstić information content (AvgIpc) is 3.68. The molecule has 0 aliphatic carbocycles. The Labute approximate surface area is 260 Å². The molecule has 10 heteroatoms. The van der Waals surface area contributed by atoms with Crippen LogP contribution in [0.5, 0.6) is 0 Å². The standard InChI is InChI=1S/C34H47N3O7/c1-5-8-13-20-36(19-7-3)32(41)30-34-18-17-25(44-34)28(29(34)31(40)37(30)23(4)22-38)33(42)43-26(24-14-11-10-12-15-24)21-35-27(39)16-9-6-2/h6-7,10-12,14-15,23,25-26,28-30,38H,2-3,5,8-9,13,16-22H2,1,4H3,(H,35,39)/t23-,25-,26-,28+,29+,30-,34+/m1/s1. The number of nitrogens with zero attached hydrogens (tertiary/aromatic N) is 2. The van der Waals surface area contributed by atoms with Crippen molar-refractivity contribution in [3.05, 3.63) is 61.2 Å². The molecular formula is C34H47N3O7. The van der Waals surface area contributed by atoms with Crippen LogP contribution in [0, 0.1) is 11.8 Å². The van der Waals surface area contributed by atoms with Gasteiger partial charge >= 0.3 is 5.97 Å². The third kappa shape index (κ3) is 6.61. The quantitative estimate of drug-likeness (QED) is 0.158. The Morgan fingerprint density at radius 2 is 1.98 bits per heavy atom. The normalized spacial score (nSPS) is 26.5. The number of hydrogen-bond donors (Lipinski definition) is 2. The Kier molecular flexibility index (Phi) is 11.4. The number of unbranched alkanes of at least 4 members (excludes halogenated alkanes) is 2. The zero-order valence-corrected chi connectivity index (χ0v) is 26.0. The summed E-state index contributed by atoms with van der Waals surface area (Å²) in [5, 5.41) is 13.0. The smallest absolute Gasteiger partial charge is 0.313 e. The minimum absolute atomic E-state index is 0.0663. The summed E-state index contributed by atoms with van der Waals surface area (Å²) in [5.41, 5.74) is -0.491. The molecule has 3 aliphatic rings. The Bertz CT molecular complexity index is 1210. The molecule has 0 aromatic heterocycles. The summed E-state index contributed by atoms with van der Waals surface area (Å²) in [7, 11) is 0. The van der Waals surface area contributed by atoms with E-state index in [0.717, 1.165) is 19.3 Å². The summed E-state index contributed by atoms with van der Waals surface area (Å²) < 4.78 is 12.6. The molecule has 2 N–H and O–H groups in total. The molecule has 3 saturated heterocycles. The lowest BCUT2D eigenvalue weighted by Crippen LogP contribution is -2.58. The highest BCUT2D eigenvalue weighted by Crippen LogP contribution is 2.59. The lowest BCUT2D eigenvalue weighted by molar-refractivity contribution is -0.161. The van der Waals surface area contributed by atoms with Gasteiger partial charge in [0.2, 0.25) is 17.7 Å². The zero-order chi connectivity index (χ0) is 31.9. The molecule has 1 aromatic rings. The molecule has 3 heterocycles. The minimum Gasteiger partial charge on any atom is -0.455 e. The van der Waals surface area contributed by atoms with Crippen LogP contribution in [0.3, 0.4) is 0 Å². The molecule has 0 saturated carbocycles. The molecule has 1 aromatic carbocycles. The fraction of sp³-hybridized carbons (Fsp3) is 0.588. The first-order valence-corrected chi connectivity index (χ1v) is 15.9. The van der Waals surface area contributed by atoms with E-state index < -0.39 is 47.7 Å². The summed E-state index contributed by atoms with van der Waals surface area (Å²) in [5.74, 6) is -3.26. The minimum atomic E-state index is -1.20. The van der Waals surface area contributed by atoms with Crippen LogP contribution in [0.1, 0.15) is 70.5 Å². The van der Waals surface area contributed by atoms with Gasteiger partial charge in [-0.1, -0.05) is 62.2 Å².